The Hall–Kier alpha value is -1.90. The fraction of sp³-hybridized carbons (Fsp3) is 0.0588. The Morgan fingerprint density at radius 1 is 0.900 bits per heavy atom. The number of aliphatic hydroxyl groups excluding tert-OH is 1. The van der Waals surface area contributed by atoms with Gasteiger partial charge in [-0.25, -0.2) is 4.39 Å². The molecule has 1 nitrogen and oxygen atoms in total. The van der Waals surface area contributed by atoms with Gasteiger partial charge in [0.1, 0.15) is 11.9 Å². The van der Waals surface area contributed by atoms with Gasteiger partial charge in [-0.1, -0.05) is 54.1 Å². The van der Waals surface area contributed by atoms with Crippen molar-refractivity contribution in [3.05, 3.63) is 82.6 Å². The molecule has 1 N–H and O–H groups in total. The number of hydrogen-bond acceptors (Lipinski definition) is 1. The molecule has 3 rings (SSSR count). The quantitative estimate of drug-likeness (QED) is 0.723. The Balaban J connectivity index is 2.17. The fourth-order valence-electron chi connectivity index (χ4n) is 2.38. The maximum atomic E-state index is 13.3. The molecule has 0 spiro atoms. The predicted molar refractivity (Wildman–Crippen MR) is 79.4 cm³/mol. The van der Waals surface area contributed by atoms with E-state index in [-0.39, 0.29) is 5.82 Å². The van der Waals surface area contributed by atoms with Gasteiger partial charge in [-0.15, -0.1) is 0 Å². The summed E-state index contributed by atoms with van der Waals surface area (Å²) in [5.74, 6) is -0.361. The number of fused-ring (bicyclic) bond motifs is 1. The molecule has 20 heavy (non-hydrogen) atoms. The van der Waals surface area contributed by atoms with Gasteiger partial charge in [0.05, 0.1) is 0 Å². The number of hydrogen-bond donors (Lipinski definition) is 1. The van der Waals surface area contributed by atoms with Crippen molar-refractivity contribution in [1.82, 2.24) is 0 Å². The fourth-order valence-corrected chi connectivity index (χ4v) is 2.61. The molecule has 0 heterocycles. The van der Waals surface area contributed by atoms with Crippen LogP contribution in [0.3, 0.4) is 0 Å². The molecule has 0 aromatic heterocycles. The van der Waals surface area contributed by atoms with Gasteiger partial charge in [0.2, 0.25) is 0 Å². The van der Waals surface area contributed by atoms with Crippen LogP contribution >= 0.6 is 11.6 Å². The summed E-state index contributed by atoms with van der Waals surface area (Å²) < 4.78 is 13.3. The zero-order valence-corrected chi connectivity index (χ0v) is 11.3. The first kappa shape index (κ1) is 13.1. The first-order chi connectivity index (χ1) is 9.66. The van der Waals surface area contributed by atoms with E-state index in [2.05, 4.69) is 0 Å². The molecule has 0 aliphatic carbocycles. The highest BCUT2D eigenvalue weighted by Crippen LogP contribution is 2.32. The largest absolute Gasteiger partial charge is 0.384 e. The number of benzene rings is 3. The number of aliphatic hydroxyl groups is 1. The van der Waals surface area contributed by atoms with Gasteiger partial charge < -0.3 is 5.11 Å². The average Bonchev–Trinajstić information content (AvgIpc) is 2.47. The van der Waals surface area contributed by atoms with Gasteiger partial charge in [-0.2, -0.15) is 0 Å². The van der Waals surface area contributed by atoms with Crippen LogP contribution in [-0.4, -0.2) is 5.11 Å². The van der Waals surface area contributed by atoms with E-state index in [1.54, 1.807) is 24.3 Å². The third-order valence-corrected chi connectivity index (χ3v) is 3.69. The molecule has 100 valence electrons. The van der Waals surface area contributed by atoms with Crippen molar-refractivity contribution in [2.75, 3.05) is 0 Å². The van der Waals surface area contributed by atoms with Crippen LogP contribution in [0.1, 0.15) is 17.2 Å². The van der Waals surface area contributed by atoms with E-state index in [0.717, 1.165) is 16.3 Å². The Kier molecular flexibility index (Phi) is 3.43. The zero-order valence-electron chi connectivity index (χ0n) is 10.6. The highest BCUT2D eigenvalue weighted by molar-refractivity contribution is 6.35. The molecular weight excluding hydrogens is 275 g/mol. The van der Waals surface area contributed by atoms with E-state index in [9.17, 15) is 9.50 Å². The van der Waals surface area contributed by atoms with E-state index in [1.165, 1.54) is 12.1 Å². The van der Waals surface area contributed by atoms with Crippen molar-refractivity contribution in [1.29, 1.82) is 0 Å². The lowest BCUT2D eigenvalue weighted by Crippen LogP contribution is -2.01. The third kappa shape index (κ3) is 2.28. The standard InChI is InChI=1S/C17H12ClFO/c18-16-9-8-15(13-6-1-2-7-14(13)16)17(20)11-4-3-5-12(19)10-11/h1-10,17,20H. The lowest BCUT2D eigenvalue weighted by molar-refractivity contribution is 0.221. The lowest BCUT2D eigenvalue weighted by atomic mass is 9.96. The highest BCUT2D eigenvalue weighted by atomic mass is 35.5. The molecule has 3 aromatic carbocycles. The first-order valence-corrected chi connectivity index (χ1v) is 6.65. The summed E-state index contributed by atoms with van der Waals surface area (Å²) in [6.07, 6.45) is -0.882. The van der Waals surface area contributed by atoms with Crippen molar-refractivity contribution in [3.8, 4) is 0 Å². The SMILES string of the molecule is OC(c1cccc(F)c1)c1ccc(Cl)c2ccccc12. The summed E-state index contributed by atoms with van der Waals surface area (Å²) in [5.41, 5.74) is 1.24. The van der Waals surface area contributed by atoms with Gasteiger partial charge in [-0.05, 0) is 34.7 Å². The van der Waals surface area contributed by atoms with Crippen LogP contribution < -0.4 is 0 Å². The molecule has 3 aromatic rings. The molecule has 0 aliphatic heterocycles. The first-order valence-electron chi connectivity index (χ1n) is 6.27. The molecule has 0 amide bonds. The van der Waals surface area contributed by atoms with Crippen LogP contribution in [0, 0.1) is 5.82 Å². The minimum Gasteiger partial charge on any atom is -0.384 e. The van der Waals surface area contributed by atoms with Crippen LogP contribution in [0.4, 0.5) is 4.39 Å². The molecule has 3 heteroatoms. The second-order valence-electron chi connectivity index (χ2n) is 4.64. The second kappa shape index (κ2) is 5.23. The number of halogens is 2. The van der Waals surface area contributed by atoms with E-state index >= 15 is 0 Å². The molecule has 1 atom stereocenters. The molecular formula is C17H12ClFO. The monoisotopic (exact) mass is 286 g/mol. The van der Waals surface area contributed by atoms with E-state index in [4.69, 9.17) is 11.6 Å². The average molecular weight is 287 g/mol. The Morgan fingerprint density at radius 3 is 2.40 bits per heavy atom. The van der Waals surface area contributed by atoms with Crippen LogP contribution in [0.15, 0.2) is 60.7 Å². The lowest BCUT2D eigenvalue weighted by Gasteiger charge is -2.15. The van der Waals surface area contributed by atoms with Gasteiger partial charge in [0, 0.05) is 10.4 Å². The maximum Gasteiger partial charge on any atom is 0.123 e. The van der Waals surface area contributed by atoms with E-state index in [0.29, 0.717) is 10.6 Å². The van der Waals surface area contributed by atoms with Crippen LogP contribution in [0.5, 0.6) is 0 Å². The van der Waals surface area contributed by atoms with Gasteiger partial charge in [0.25, 0.3) is 0 Å². The Labute approximate surface area is 121 Å². The minimum absolute atomic E-state index is 0.361. The topological polar surface area (TPSA) is 20.2 Å². The molecule has 0 saturated carbocycles. The molecule has 0 bridgehead atoms. The molecule has 0 saturated heterocycles. The molecule has 0 fully saturated rings. The smallest absolute Gasteiger partial charge is 0.123 e. The molecule has 1 unspecified atom stereocenters. The Morgan fingerprint density at radius 2 is 1.65 bits per heavy atom. The normalized spacial score (nSPS) is 12.6. The van der Waals surface area contributed by atoms with E-state index < -0.39 is 6.10 Å². The van der Waals surface area contributed by atoms with Crippen molar-refractivity contribution >= 4 is 22.4 Å². The van der Waals surface area contributed by atoms with Crippen molar-refractivity contribution in [2.24, 2.45) is 0 Å². The zero-order chi connectivity index (χ0) is 14.1. The van der Waals surface area contributed by atoms with Crippen LogP contribution in [-0.2, 0) is 0 Å². The maximum absolute atomic E-state index is 13.3. The van der Waals surface area contributed by atoms with Crippen molar-refractivity contribution in [3.63, 3.8) is 0 Å². The van der Waals surface area contributed by atoms with Gasteiger partial charge >= 0.3 is 0 Å². The summed E-state index contributed by atoms with van der Waals surface area (Å²) in [4.78, 5) is 0. The third-order valence-electron chi connectivity index (χ3n) is 3.36. The van der Waals surface area contributed by atoms with Gasteiger partial charge in [0.15, 0.2) is 0 Å². The predicted octanol–water partition coefficient (Wildman–Crippen LogP) is 4.71. The van der Waals surface area contributed by atoms with Gasteiger partial charge in [-0.3, -0.25) is 0 Å². The van der Waals surface area contributed by atoms with Crippen molar-refractivity contribution < 1.29 is 9.50 Å². The summed E-state index contributed by atoms with van der Waals surface area (Å²) in [5, 5.41) is 12.9. The summed E-state index contributed by atoms with van der Waals surface area (Å²) in [6.45, 7) is 0. The summed E-state index contributed by atoms with van der Waals surface area (Å²) >= 11 is 6.16. The molecule has 0 aliphatic rings. The van der Waals surface area contributed by atoms with Crippen LogP contribution in [0.25, 0.3) is 10.8 Å². The van der Waals surface area contributed by atoms with Crippen molar-refractivity contribution in [2.45, 2.75) is 6.10 Å². The summed E-state index contributed by atoms with van der Waals surface area (Å²) in [6, 6.07) is 17.1. The van der Waals surface area contributed by atoms with Crippen LogP contribution in [0.2, 0.25) is 5.02 Å². The summed E-state index contributed by atoms with van der Waals surface area (Å²) in [7, 11) is 0. The highest BCUT2D eigenvalue weighted by Gasteiger charge is 2.15. The molecule has 0 radical (unpaired) electrons. The second-order valence-corrected chi connectivity index (χ2v) is 5.05. The minimum atomic E-state index is -0.882. The van der Waals surface area contributed by atoms with E-state index in [1.807, 2.05) is 24.3 Å². The Bertz CT molecular complexity index is 770. The number of rotatable bonds is 2.